The zero-order valence-corrected chi connectivity index (χ0v) is 13.8. The minimum atomic E-state index is 0.0148. The predicted octanol–water partition coefficient (Wildman–Crippen LogP) is 2.76. The molecule has 1 fully saturated rings. The average molecular weight is 323 g/mol. The first kappa shape index (κ1) is 14.9. The summed E-state index contributed by atoms with van der Waals surface area (Å²) in [7, 11) is 0. The van der Waals surface area contributed by atoms with Crippen LogP contribution in [-0.2, 0) is 6.54 Å². The number of nitrogens with zero attached hydrogens (tertiary/aromatic N) is 4. The van der Waals surface area contributed by atoms with Crippen molar-refractivity contribution in [1.29, 1.82) is 0 Å². The molecule has 0 aliphatic carbocycles. The van der Waals surface area contributed by atoms with Gasteiger partial charge in [0, 0.05) is 18.1 Å². The van der Waals surface area contributed by atoms with Gasteiger partial charge in [0.05, 0.1) is 24.3 Å². The van der Waals surface area contributed by atoms with Crippen molar-refractivity contribution in [2.24, 2.45) is 0 Å². The van der Waals surface area contributed by atoms with Crippen molar-refractivity contribution in [2.75, 3.05) is 6.54 Å². The minimum Gasteiger partial charge on any atom is -0.332 e. The highest BCUT2D eigenvalue weighted by Crippen LogP contribution is 2.23. The van der Waals surface area contributed by atoms with Crippen molar-refractivity contribution in [3.8, 4) is 0 Å². The number of H-pyrrole nitrogens is 1. The predicted molar refractivity (Wildman–Crippen MR) is 91.7 cm³/mol. The van der Waals surface area contributed by atoms with Gasteiger partial charge in [0.2, 0.25) is 0 Å². The molecule has 1 atom stereocenters. The van der Waals surface area contributed by atoms with Crippen molar-refractivity contribution in [1.82, 2.24) is 24.9 Å². The standard InChI is InChI=1S/C18H21N5O/c1-13-10-19-22(11-13)12-14-6-4-5-9-23(14)18(24)17-15-7-2-3-8-16(15)20-21-17/h2-3,7-8,10-11,14H,4-6,9,12H2,1H3,(H,20,21)/t14-/m0/s1. The summed E-state index contributed by atoms with van der Waals surface area (Å²) in [6.07, 6.45) is 7.09. The monoisotopic (exact) mass is 323 g/mol. The summed E-state index contributed by atoms with van der Waals surface area (Å²) in [6.45, 7) is 3.55. The number of para-hydroxylation sites is 1. The van der Waals surface area contributed by atoms with E-state index in [4.69, 9.17) is 0 Å². The quantitative estimate of drug-likeness (QED) is 0.806. The number of likely N-dealkylation sites (tertiary alicyclic amines) is 1. The molecule has 6 nitrogen and oxygen atoms in total. The lowest BCUT2D eigenvalue weighted by Crippen LogP contribution is -2.46. The van der Waals surface area contributed by atoms with Gasteiger partial charge in [0.25, 0.3) is 5.91 Å². The smallest absolute Gasteiger partial charge is 0.275 e. The van der Waals surface area contributed by atoms with Gasteiger partial charge in [-0.15, -0.1) is 0 Å². The zero-order chi connectivity index (χ0) is 16.5. The second-order valence-electron chi connectivity index (χ2n) is 6.51. The lowest BCUT2D eigenvalue weighted by atomic mass is 10.0. The molecule has 1 aliphatic heterocycles. The fraction of sp³-hybridized carbons (Fsp3) is 0.389. The van der Waals surface area contributed by atoms with Gasteiger partial charge >= 0.3 is 0 Å². The number of nitrogens with one attached hydrogen (secondary N) is 1. The number of benzene rings is 1. The van der Waals surface area contributed by atoms with Crippen LogP contribution >= 0.6 is 0 Å². The molecule has 1 N–H and O–H groups in total. The highest BCUT2D eigenvalue weighted by atomic mass is 16.2. The molecule has 1 saturated heterocycles. The number of aromatic amines is 1. The molecule has 0 unspecified atom stereocenters. The molecule has 2 aromatic heterocycles. The first-order valence-electron chi connectivity index (χ1n) is 8.45. The number of piperidine rings is 1. The Kier molecular flexibility index (Phi) is 3.80. The van der Waals surface area contributed by atoms with Gasteiger partial charge in [-0.1, -0.05) is 18.2 Å². The summed E-state index contributed by atoms with van der Waals surface area (Å²) in [5, 5.41) is 12.5. The zero-order valence-electron chi connectivity index (χ0n) is 13.8. The minimum absolute atomic E-state index is 0.0148. The molecule has 24 heavy (non-hydrogen) atoms. The lowest BCUT2D eigenvalue weighted by molar-refractivity contribution is 0.0580. The molecule has 1 aliphatic rings. The molecule has 3 aromatic rings. The Bertz CT molecular complexity index is 865. The third-order valence-electron chi connectivity index (χ3n) is 4.72. The number of amides is 1. The Morgan fingerprint density at radius 3 is 3.04 bits per heavy atom. The molecular weight excluding hydrogens is 302 g/mol. The molecule has 0 saturated carbocycles. The number of aryl methyl sites for hydroxylation is 1. The first-order chi connectivity index (χ1) is 11.7. The SMILES string of the molecule is Cc1cnn(C[C@@H]2CCCCN2C(=O)c2n[nH]c3ccccc23)c1. The lowest BCUT2D eigenvalue weighted by Gasteiger charge is -2.35. The summed E-state index contributed by atoms with van der Waals surface area (Å²) >= 11 is 0. The first-order valence-corrected chi connectivity index (χ1v) is 8.45. The number of rotatable bonds is 3. The molecular formula is C18H21N5O. The largest absolute Gasteiger partial charge is 0.332 e. The van der Waals surface area contributed by atoms with Crippen LogP contribution < -0.4 is 0 Å². The number of hydrogen-bond acceptors (Lipinski definition) is 3. The van der Waals surface area contributed by atoms with E-state index < -0.39 is 0 Å². The Balaban J connectivity index is 1.61. The van der Waals surface area contributed by atoms with E-state index in [0.717, 1.165) is 48.8 Å². The van der Waals surface area contributed by atoms with Crippen molar-refractivity contribution >= 4 is 16.8 Å². The average Bonchev–Trinajstić information content (AvgIpc) is 3.21. The number of carbonyl (C=O) groups is 1. The van der Waals surface area contributed by atoms with Crippen LogP contribution in [0.2, 0.25) is 0 Å². The van der Waals surface area contributed by atoms with Crippen LogP contribution in [0.1, 0.15) is 35.3 Å². The van der Waals surface area contributed by atoms with Gasteiger partial charge in [0.15, 0.2) is 5.69 Å². The summed E-state index contributed by atoms with van der Waals surface area (Å²) in [4.78, 5) is 15.1. The number of fused-ring (bicyclic) bond motifs is 1. The van der Waals surface area contributed by atoms with E-state index >= 15 is 0 Å². The number of carbonyl (C=O) groups excluding carboxylic acids is 1. The normalized spacial score (nSPS) is 18.2. The fourth-order valence-corrected chi connectivity index (χ4v) is 3.50. The van der Waals surface area contributed by atoms with Gasteiger partial charge in [-0.2, -0.15) is 10.2 Å². The van der Waals surface area contributed by atoms with Crippen molar-refractivity contribution in [2.45, 2.75) is 38.8 Å². The van der Waals surface area contributed by atoms with Gasteiger partial charge in [-0.3, -0.25) is 14.6 Å². The molecule has 0 radical (unpaired) electrons. The van der Waals surface area contributed by atoms with Crippen LogP contribution in [-0.4, -0.2) is 43.4 Å². The van der Waals surface area contributed by atoms with Crippen LogP contribution in [0.3, 0.4) is 0 Å². The number of hydrogen-bond donors (Lipinski definition) is 1. The Hall–Kier alpha value is -2.63. The molecule has 4 rings (SSSR count). The van der Waals surface area contributed by atoms with Gasteiger partial charge in [-0.05, 0) is 37.8 Å². The third kappa shape index (κ3) is 2.68. The van der Waals surface area contributed by atoms with E-state index in [0.29, 0.717) is 5.69 Å². The Morgan fingerprint density at radius 2 is 2.21 bits per heavy atom. The maximum atomic E-state index is 13.1. The van der Waals surface area contributed by atoms with E-state index in [1.807, 2.05) is 53.2 Å². The van der Waals surface area contributed by atoms with Crippen LogP contribution in [0.25, 0.3) is 10.9 Å². The molecule has 6 heteroatoms. The summed E-state index contributed by atoms with van der Waals surface area (Å²) in [6, 6.07) is 7.94. The Morgan fingerprint density at radius 1 is 1.33 bits per heavy atom. The second-order valence-corrected chi connectivity index (χ2v) is 6.51. The van der Waals surface area contributed by atoms with Gasteiger partial charge in [-0.25, -0.2) is 0 Å². The highest BCUT2D eigenvalue weighted by Gasteiger charge is 2.30. The molecule has 3 heterocycles. The van der Waals surface area contributed by atoms with Crippen molar-refractivity contribution in [3.05, 3.63) is 47.9 Å². The third-order valence-corrected chi connectivity index (χ3v) is 4.72. The molecule has 1 aromatic carbocycles. The van der Waals surface area contributed by atoms with E-state index in [9.17, 15) is 4.79 Å². The van der Waals surface area contributed by atoms with Gasteiger partial charge < -0.3 is 4.90 Å². The van der Waals surface area contributed by atoms with Crippen LogP contribution in [0.4, 0.5) is 0 Å². The maximum absolute atomic E-state index is 13.1. The topological polar surface area (TPSA) is 66.8 Å². The van der Waals surface area contributed by atoms with Crippen molar-refractivity contribution < 1.29 is 4.79 Å². The van der Waals surface area contributed by atoms with Crippen LogP contribution in [0.15, 0.2) is 36.7 Å². The molecule has 1 amide bonds. The Labute approximate surface area is 140 Å². The fourth-order valence-electron chi connectivity index (χ4n) is 3.50. The summed E-state index contributed by atoms with van der Waals surface area (Å²) in [5.74, 6) is 0.0148. The highest BCUT2D eigenvalue weighted by molar-refractivity contribution is 6.04. The van der Waals surface area contributed by atoms with Crippen molar-refractivity contribution in [3.63, 3.8) is 0 Å². The van der Waals surface area contributed by atoms with E-state index in [1.54, 1.807) is 0 Å². The van der Waals surface area contributed by atoms with E-state index in [2.05, 4.69) is 15.3 Å². The maximum Gasteiger partial charge on any atom is 0.275 e. The van der Waals surface area contributed by atoms with E-state index in [1.165, 1.54) is 0 Å². The number of aromatic nitrogens is 4. The van der Waals surface area contributed by atoms with Gasteiger partial charge in [0.1, 0.15) is 0 Å². The summed E-state index contributed by atoms with van der Waals surface area (Å²) < 4.78 is 1.94. The van der Waals surface area contributed by atoms with E-state index in [-0.39, 0.29) is 11.9 Å². The molecule has 0 spiro atoms. The van der Waals surface area contributed by atoms with Crippen LogP contribution in [0, 0.1) is 6.92 Å². The molecule has 0 bridgehead atoms. The van der Waals surface area contributed by atoms with Crippen LogP contribution in [0.5, 0.6) is 0 Å². The summed E-state index contributed by atoms with van der Waals surface area (Å²) in [5.41, 5.74) is 2.56. The second kappa shape index (κ2) is 6.11. The molecule has 124 valence electrons.